The molecule has 1 aliphatic rings. The van der Waals surface area contributed by atoms with Gasteiger partial charge in [0, 0.05) is 11.4 Å². The molecule has 0 saturated carbocycles. The number of nitrogens with zero attached hydrogens (tertiary/aromatic N) is 1. The molecule has 1 heterocycles. The first kappa shape index (κ1) is 12.4. The van der Waals surface area contributed by atoms with Crippen molar-refractivity contribution in [3.63, 3.8) is 0 Å². The first-order chi connectivity index (χ1) is 8.29. The van der Waals surface area contributed by atoms with Gasteiger partial charge in [-0.05, 0) is 32.1 Å². The summed E-state index contributed by atoms with van der Waals surface area (Å²) in [6.07, 6.45) is 6.75. The second kappa shape index (κ2) is 6.00. The zero-order valence-corrected chi connectivity index (χ0v) is 11.0. The number of nitrogens with one attached hydrogen (secondary N) is 2. The second-order valence-corrected chi connectivity index (χ2v) is 5.41. The molecule has 5 heteroatoms. The average Bonchev–Trinajstić information content (AvgIpc) is 2.71. The monoisotopic (exact) mass is 253 g/mol. The largest absolute Gasteiger partial charge is 0.338 e. The van der Waals surface area contributed by atoms with E-state index in [9.17, 15) is 4.79 Å². The van der Waals surface area contributed by atoms with Crippen LogP contribution < -0.4 is 10.6 Å². The number of amides is 2. The fraction of sp³-hybridized carbons (Fsp3) is 0.667. The minimum absolute atomic E-state index is 0.135. The number of unbranched alkanes of at least 4 members (excludes halogenated alkanes) is 1. The molecule has 1 aliphatic carbocycles. The van der Waals surface area contributed by atoms with Crippen LogP contribution in [-0.2, 0) is 12.8 Å². The van der Waals surface area contributed by atoms with Gasteiger partial charge in [-0.25, -0.2) is 9.78 Å². The zero-order chi connectivity index (χ0) is 12.1. The lowest BCUT2D eigenvalue weighted by Crippen LogP contribution is -2.29. The lowest BCUT2D eigenvalue weighted by Gasteiger charge is -2.06. The number of anilines is 1. The van der Waals surface area contributed by atoms with Crippen LogP contribution in [0.15, 0.2) is 0 Å². The highest BCUT2D eigenvalue weighted by Crippen LogP contribution is 2.29. The molecule has 2 amide bonds. The molecular weight excluding hydrogens is 234 g/mol. The Morgan fingerprint density at radius 2 is 2.24 bits per heavy atom. The molecule has 2 rings (SSSR count). The van der Waals surface area contributed by atoms with Gasteiger partial charge < -0.3 is 5.32 Å². The Hall–Kier alpha value is -1.10. The number of aromatic nitrogens is 1. The lowest BCUT2D eigenvalue weighted by molar-refractivity contribution is 0.252. The van der Waals surface area contributed by atoms with Crippen LogP contribution in [0.25, 0.3) is 0 Å². The minimum Gasteiger partial charge on any atom is -0.338 e. The Morgan fingerprint density at radius 1 is 1.41 bits per heavy atom. The molecular formula is C12H19N3OS. The summed E-state index contributed by atoms with van der Waals surface area (Å²) in [5.74, 6) is 0. The smallest absolute Gasteiger partial charge is 0.321 e. The first-order valence-electron chi connectivity index (χ1n) is 6.33. The summed E-state index contributed by atoms with van der Waals surface area (Å²) in [7, 11) is 0. The third kappa shape index (κ3) is 3.43. The van der Waals surface area contributed by atoms with Crippen molar-refractivity contribution in [2.45, 2.75) is 45.4 Å². The summed E-state index contributed by atoms with van der Waals surface area (Å²) in [5, 5.41) is 6.39. The summed E-state index contributed by atoms with van der Waals surface area (Å²) in [4.78, 5) is 17.4. The molecule has 0 saturated heterocycles. The molecule has 17 heavy (non-hydrogen) atoms. The highest BCUT2D eigenvalue weighted by molar-refractivity contribution is 7.15. The Bertz CT molecular complexity index is 366. The fourth-order valence-electron chi connectivity index (χ4n) is 1.93. The molecule has 0 atom stereocenters. The van der Waals surface area contributed by atoms with Crippen molar-refractivity contribution < 1.29 is 4.79 Å². The molecule has 0 spiro atoms. The van der Waals surface area contributed by atoms with Crippen LogP contribution in [0.5, 0.6) is 0 Å². The van der Waals surface area contributed by atoms with E-state index in [4.69, 9.17) is 0 Å². The number of carbonyl (C=O) groups is 1. The molecule has 2 N–H and O–H groups in total. The predicted octanol–water partition coefficient (Wildman–Crippen LogP) is 2.94. The van der Waals surface area contributed by atoms with Gasteiger partial charge in [0.05, 0.1) is 5.69 Å². The molecule has 0 radical (unpaired) electrons. The van der Waals surface area contributed by atoms with Crippen LogP contribution in [0.1, 0.15) is 43.2 Å². The van der Waals surface area contributed by atoms with Gasteiger partial charge in [0.25, 0.3) is 0 Å². The Morgan fingerprint density at radius 3 is 3.00 bits per heavy atom. The van der Waals surface area contributed by atoms with E-state index in [2.05, 4.69) is 22.5 Å². The number of rotatable bonds is 4. The van der Waals surface area contributed by atoms with Gasteiger partial charge in [-0.2, -0.15) is 0 Å². The highest BCUT2D eigenvalue weighted by atomic mass is 32.1. The van der Waals surface area contributed by atoms with Crippen LogP contribution in [0, 0.1) is 0 Å². The SMILES string of the molecule is CCCCNC(=O)Nc1nc2c(s1)CCCC2. The Labute approximate surface area is 106 Å². The fourth-order valence-corrected chi connectivity index (χ4v) is 2.97. The van der Waals surface area contributed by atoms with Gasteiger partial charge in [-0.15, -0.1) is 11.3 Å². The van der Waals surface area contributed by atoms with Gasteiger partial charge in [0.15, 0.2) is 5.13 Å². The van der Waals surface area contributed by atoms with E-state index in [1.54, 1.807) is 11.3 Å². The molecule has 4 nitrogen and oxygen atoms in total. The van der Waals surface area contributed by atoms with E-state index in [0.717, 1.165) is 37.4 Å². The standard InChI is InChI=1S/C12H19N3OS/c1-2-3-8-13-11(16)15-12-14-9-6-4-5-7-10(9)17-12/h2-8H2,1H3,(H2,13,14,15,16). The van der Waals surface area contributed by atoms with Gasteiger partial charge in [-0.1, -0.05) is 13.3 Å². The maximum Gasteiger partial charge on any atom is 0.321 e. The Kier molecular flexibility index (Phi) is 4.36. The summed E-state index contributed by atoms with van der Waals surface area (Å²) < 4.78 is 0. The summed E-state index contributed by atoms with van der Waals surface area (Å²) in [5.41, 5.74) is 1.19. The van der Waals surface area contributed by atoms with E-state index in [-0.39, 0.29) is 6.03 Å². The van der Waals surface area contributed by atoms with Crippen LogP contribution in [0.4, 0.5) is 9.93 Å². The van der Waals surface area contributed by atoms with Crippen molar-refractivity contribution in [3.05, 3.63) is 10.6 Å². The number of fused-ring (bicyclic) bond motifs is 1. The molecule has 0 aromatic carbocycles. The molecule has 1 aromatic heterocycles. The maximum absolute atomic E-state index is 11.5. The molecule has 0 aliphatic heterocycles. The van der Waals surface area contributed by atoms with E-state index >= 15 is 0 Å². The van der Waals surface area contributed by atoms with Crippen LogP contribution in [-0.4, -0.2) is 17.6 Å². The number of hydrogen-bond acceptors (Lipinski definition) is 3. The Balaban J connectivity index is 1.86. The van der Waals surface area contributed by atoms with Crippen LogP contribution in [0.2, 0.25) is 0 Å². The minimum atomic E-state index is -0.135. The van der Waals surface area contributed by atoms with E-state index < -0.39 is 0 Å². The molecule has 94 valence electrons. The van der Waals surface area contributed by atoms with Crippen molar-refractivity contribution in [1.82, 2.24) is 10.3 Å². The normalized spacial score (nSPS) is 14.2. The first-order valence-corrected chi connectivity index (χ1v) is 7.14. The number of aryl methyl sites for hydroxylation is 2. The molecule has 0 unspecified atom stereocenters. The molecule has 0 bridgehead atoms. The van der Waals surface area contributed by atoms with Crippen molar-refractivity contribution in [2.75, 3.05) is 11.9 Å². The highest BCUT2D eigenvalue weighted by Gasteiger charge is 2.15. The maximum atomic E-state index is 11.5. The molecule has 0 fully saturated rings. The van der Waals surface area contributed by atoms with Gasteiger partial charge >= 0.3 is 6.03 Å². The van der Waals surface area contributed by atoms with Crippen molar-refractivity contribution in [3.8, 4) is 0 Å². The third-order valence-electron chi connectivity index (χ3n) is 2.88. The van der Waals surface area contributed by atoms with E-state index in [1.165, 1.54) is 23.4 Å². The topological polar surface area (TPSA) is 54.0 Å². The summed E-state index contributed by atoms with van der Waals surface area (Å²) in [6.45, 7) is 2.84. The molecule has 1 aromatic rings. The predicted molar refractivity (Wildman–Crippen MR) is 70.7 cm³/mol. The third-order valence-corrected chi connectivity index (χ3v) is 3.95. The van der Waals surface area contributed by atoms with Crippen molar-refractivity contribution >= 4 is 22.5 Å². The summed E-state index contributed by atoms with van der Waals surface area (Å²) >= 11 is 1.62. The van der Waals surface area contributed by atoms with E-state index in [0.29, 0.717) is 0 Å². The number of thiazole rings is 1. The van der Waals surface area contributed by atoms with Crippen LogP contribution >= 0.6 is 11.3 Å². The van der Waals surface area contributed by atoms with Gasteiger partial charge in [0.1, 0.15) is 0 Å². The van der Waals surface area contributed by atoms with Crippen molar-refractivity contribution in [1.29, 1.82) is 0 Å². The second-order valence-electron chi connectivity index (χ2n) is 4.33. The number of hydrogen-bond donors (Lipinski definition) is 2. The van der Waals surface area contributed by atoms with Crippen LogP contribution in [0.3, 0.4) is 0 Å². The number of carbonyl (C=O) groups excluding carboxylic acids is 1. The summed E-state index contributed by atoms with van der Waals surface area (Å²) in [6, 6.07) is -0.135. The van der Waals surface area contributed by atoms with Gasteiger partial charge in [0.2, 0.25) is 0 Å². The average molecular weight is 253 g/mol. The van der Waals surface area contributed by atoms with E-state index in [1.807, 2.05) is 0 Å². The zero-order valence-electron chi connectivity index (χ0n) is 10.2. The van der Waals surface area contributed by atoms with Crippen molar-refractivity contribution in [2.24, 2.45) is 0 Å². The number of urea groups is 1. The van der Waals surface area contributed by atoms with Gasteiger partial charge in [-0.3, -0.25) is 5.32 Å². The quantitative estimate of drug-likeness (QED) is 0.811. The lowest BCUT2D eigenvalue weighted by atomic mass is 10.0.